The van der Waals surface area contributed by atoms with Crippen LogP contribution in [0.5, 0.6) is 0 Å². The lowest BCUT2D eigenvalue weighted by Crippen LogP contribution is -2.09. The van der Waals surface area contributed by atoms with Crippen LogP contribution >= 0.6 is 11.8 Å². The maximum atomic E-state index is 3.85. The highest BCUT2D eigenvalue weighted by molar-refractivity contribution is 7.99. The second-order valence-corrected chi connectivity index (χ2v) is 6.03. The number of nitrogens with zero attached hydrogens (tertiary/aromatic N) is 3. The fourth-order valence-electron chi connectivity index (χ4n) is 2.57. The summed E-state index contributed by atoms with van der Waals surface area (Å²) >= 11 is 1.91. The number of aromatic nitrogens is 3. The molecule has 0 bridgehead atoms. The van der Waals surface area contributed by atoms with Gasteiger partial charge >= 0.3 is 0 Å². The van der Waals surface area contributed by atoms with Gasteiger partial charge in [-0.1, -0.05) is 24.3 Å². The number of thioether (sulfide) groups is 1. The maximum absolute atomic E-state index is 3.85. The molecule has 2 heterocycles. The Kier molecular flexibility index (Phi) is 3.12. The van der Waals surface area contributed by atoms with Gasteiger partial charge in [0.25, 0.3) is 0 Å². The van der Waals surface area contributed by atoms with Crippen molar-refractivity contribution in [1.82, 2.24) is 14.8 Å². The minimum atomic E-state index is 0.363. The lowest BCUT2D eigenvalue weighted by Gasteiger charge is -2.15. The maximum Gasteiger partial charge on any atom is 0.123 e. The highest BCUT2D eigenvalue weighted by atomic mass is 32.2. The number of nitrogens with one attached hydrogen (secondary N) is 1. The average molecular weight is 294 g/mol. The third-order valence-electron chi connectivity index (χ3n) is 3.60. The van der Waals surface area contributed by atoms with E-state index in [4.69, 9.17) is 0 Å². The molecule has 1 N–H and O–H groups in total. The Balaban J connectivity index is 1.60. The number of hydrogen-bond acceptors (Lipinski definition) is 4. The Morgan fingerprint density at radius 3 is 2.81 bits per heavy atom. The molecule has 0 saturated carbocycles. The van der Waals surface area contributed by atoms with Crippen molar-refractivity contribution >= 4 is 17.4 Å². The zero-order chi connectivity index (χ0) is 14.1. The molecule has 4 rings (SSSR count). The molecule has 0 spiro atoms. The van der Waals surface area contributed by atoms with Crippen LogP contribution < -0.4 is 5.32 Å². The first kappa shape index (κ1) is 12.5. The quantitative estimate of drug-likeness (QED) is 0.802. The van der Waals surface area contributed by atoms with Crippen LogP contribution in [0.4, 0.5) is 5.69 Å². The summed E-state index contributed by atoms with van der Waals surface area (Å²) in [7, 11) is 0. The first-order valence-electron chi connectivity index (χ1n) is 6.83. The third kappa shape index (κ3) is 2.40. The van der Waals surface area contributed by atoms with E-state index in [0.717, 1.165) is 17.1 Å². The van der Waals surface area contributed by atoms with Crippen LogP contribution in [0, 0.1) is 0 Å². The molecule has 1 aromatic heterocycles. The van der Waals surface area contributed by atoms with Crippen LogP contribution in [-0.2, 0) is 0 Å². The first-order chi connectivity index (χ1) is 10.4. The van der Waals surface area contributed by atoms with Gasteiger partial charge in [-0.15, -0.1) is 22.0 Å². The monoisotopic (exact) mass is 294 g/mol. The van der Waals surface area contributed by atoms with Crippen molar-refractivity contribution in [3.63, 3.8) is 0 Å². The van der Waals surface area contributed by atoms with E-state index < -0.39 is 0 Å². The summed E-state index contributed by atoms with van der Waals surface area (Å²) in [5, 5.41) is 11.3. The van der Waals surface area contributed by atoms with E-state index in [0.29, 0.717) is 6.04 Å². The van der Waals surface area contributed by atoms with Crippen LogP contribution in [0.2, 0.25) is 0 Å². The Morgan fingerprint density at radius 2 is 1.90 bits per heavy atom. The Labute approximate surface area is 127 Å². The van der Waals surface area contributed by atoms with Gasteiger partial charge < -0.3 is 5.32 Å². The molecular weight excluding hydrogens is 280 g/mol. The average Bonchev–Trinajstić information content (AvgIpc) is 3.18. The summed E-state index contributed by atoms with van der Waals surface area (Å²) in [4.78, 5) is 1.38. The second kappa shape index (κ2) is 5.26. The molecule has 1 atom stereocenters. The van der Waals surface area contributed by atoms with E-state index in [1.165, 1.54) is 10.5 Å². The minimum Gasteiger partial charge on any atom is -0.377 e. The molecule has 1 unspecified atom stereocenters. The van der Waals surface area contributed by atoms with Crippen molar-refractivity contribution in [3.8, 4) is 5.69 Å². The lowest BCUT2D eigenvalue weighted by molar-refractivity contribution is 0.899. The molecule has 1 aliphatic heterocycles. The summed E-state index contributed by atoms with van der Waals surface area (Å²) in [5.74, 6) is 1.07. The van der Waals surface area contributed by atoms with Crippen LogP contribution in [0.1, 0.15) is 11.6 Å². The molecule has 4 nitrogen and oxygen atoms in total. The molecule has 21 heavy (non-hydrogen) atoms. The predicted molar refractivity (Wildman–Crippen MR) is 84.9 cm³/mol. The van der Waals surface area contributed by atoms with Gasteiger partial charge in [-0.25, -0.2) is 0 Å². The molecular formula is C16H14N4S. The molecule has 0 fully saturated rings. The smallest absolute Gasteiger partial charge is 0.123 e. The fraction of sp³-hybridized carbons (Fsp3) is 0.125. The molecule has 5 heteroatoms. The van der Waals surface area contributed by atoms with Crippen molar-refractivity contribution in [1.29, 1.82) is 0 Å². The molecule has 0 radical (unpaired) electrons. The summed E-state index contributed by atoms with van der Waals surface area (Å²) in [6.45, 7) is 0. The van der Waals surface area contributed by atoms with Crippen LogP contribution in [0.3, 0.4) is 0 Å². The number of fused-ring (bicyclic) bond motifs is 1. The van der Waals surface area contributed by atoms with E-state index in [9.17, 15) is 0 Å². The SMILES string of the molecule is c1cc(NC2CSc3ccccc32)cc(-n2cnnc2)c1. The minimum absolute atomic E-state index is 0.363. The highest BCUT2D eigenvalue weighted by Crippen LogP contribution is 2.39. The number of benzene rings is 2. The summed E-state index contributed by atoms with van der Waals surface area (Å²) < 4.78 is 1.91. The largest absolute Gasteiger partial charge is 0.377 e. The van der Waals surface area contributed by atoms with Crippen molar-refractivity contribution in [2.75, 3.05) is 11.1 Å². The van der Waals surface area contributed by atoms with Gasteiger partial charge in [0.15, 0.2) is 0 Å². The van der Waals surface area contributed by atoms with Crippen LogP contribution in [0.25, 0.3) is 5.69 Å². The molecule has 2 aromatic carbocycles. The molecule has 0 aliphatic carbocycles. The van der Waals surface area contributed by atoms with E-state index in [-0.39, 0.29) is 0 Å². The lowest BCUT2D eigenvalue weighted by atomic mass is 10.1. The van der Waals surface area contributed by atoms with Gasteiger partial charge in [0.05, 0.1) is 11.7 Å². The van der Waals surface area contributed by atoms with Crippen molar-refractivity contribution < 1.29 is 0 Å². The predicted octanol–water partition coefficient (Wildman–Crippen LogP) is 3.53. The van der Waals surface area contributed by atoms with Gasteiger partial charge in [0, 0.05) is 16.3 Å². The first-order valence-corrected chi connectivity index (χ1v) is 7.82. The van der Waals surface area contributed by atoms with Crippen molar-refractivity contribution in [2.45, 2.75) is 10.9 Å². The second-order valence-electron chi connectivity index (χ2n) is 4.97. The van der Waals surface area contributed by atoms with E-state index in [1.54, 1.807) is 12.7 Å². The van der Waals surface area contributed by atoms with Gasteiger partial charge in [-0.2, -0.15) is 0 Å². The zero-order valence-electron chi connectivity index (χ0n) is 11.3. The highest BCUT2D eigenvalue weighted by Gasteiger charge is 2.22. The Morgan fingerprint density at radius 1 is 1.05 bits per heavy atom. The van der Waals surface area contributed by atoms with Gasteiger partial charge in [0.2, 0.25) is 0 Å². The number of anilines is 1. The molecule has 3 aromatic rings. The topological polar surface area (TPSA) is 42.7 Å². The Bertz CT molecular complexity index is 754. The normalized spacial score (nSPS) is 16.7. The standard InChI is InChI=1S/C16H14N4S/c1-2-7-16-14(6-1)15(9-21-16)19-12-4-3-5-13(8-12)20-10-17-18-11-20/h1-8,10-11,15,19H,9H2. The summed E-state index contributed by atoms with van der Waals surface area (Å²) in [5.41, 5.74) is 3.56. The molecule has 1 aliphatic rings. The zero-order valence-corrected chi connectivity index (χ0v) is 12.1. The summed E-state index contributed by atoms with van der Waals surface area (Å²) in [6.07, 6.45) is 3.42. The van der Waals surface area contributed by atoms with E-state index >= 15 is 0 Å². The van der Waals surface area contributed by atoms with E-state index in [2.05, 4.69) is 51.9 Å². The number of hydrogen-bond donors (Lipinski definition) is 1. The fourth-order valence-corrected chi connectivity index (χ4v) is 3.73. The molecule has 0 saturated heterocycles. The van der Waals surface area contributed by atoms with E-state index in [1.807, 2.05) is 28.5 Å². The summed E-state index contributed by atoms with van der Waals surface area (Å²) in [6, 6.07) is 17.3. The third-order valence-corrected chi connectivity index (χ3v) is 4.79. The molecule has 104 valence electrons. The van der Waals surface area contributed by atoms with Gasteiger partial charge in [-0.05, 0) is 29.8 Å². The van der Waals surface area contributed by atoms with Crippen molar-refractivity contribution in [3.05, 3.63) is 66.7 Å². The van der Waals surface area contributed by atoms with Crippen LogP contribution in [-0.4, -0.2) is 20.5 Å². The molecule has 0 amide bonds. The Hall–Kier alpha value is -2.27. The van der Waals surface area contributed by atoms with Crippen LogP contribution in [0.15, 0.2) is 66.1 Å². The van der Waals surface area contributed by atoms with Crippen molar-refractivity contribution in [2.24, 2.45) is 0 Å². The van der Waals surface area contributed by atoms with Gasteiger partial charge in [0.1, 0.15) is 12.7 Å². The number of rotatable bonds is 3. The van der Waals surface area contributed by atoms with Gasteiger partial charge in [-0.3, -0.25) is 4.57 Å².